The fourth-order valence-electron chi connectivity index (χ4n) is 2.70. The molecule has 1 unspecified atom stereocenters. The highest BCUT2D eigenvalue weighted by Crippen LogP contribution is 2.30. The lowest BCUT2D eigenvalue weighted by molar-refractivity contribution is -0.153. The molecule has 6 nitrogen and oxygen atoms in total. The van der Waals surface area contributed by atoms with Crippen molar-refractivity contribution in [2.24, 2.45) is 0 Å². The largest absolute Gasteiger partial charge is 0.451 e. The van der Waals surface area contributed by atoms with Crippen LogP contribution in [-0.4, -0.2) is 35.3 Å². The normalized spacial score (nSPS) is 13.9. The topological polar surface area (TPSA) is 75.7 Å². The summed E-state index contributed by atoms with van der Waals surface area (Å²) in [5.74, 6) is -1.50. The summed E-state index contributed by atoms with van der Waals surface area (Å²) < 4.78 is 5.15. The Bertz CT molecular complexity index is 889. The molecule has 0 aliphatic carbocycles. The highest BCUT2D eigenvalue weighted by Gasteiger charge is 2.33. The van der Waals surface area contributed by atoms with Gasteiger partial charge in [-0.15, -0.1) is 0 Å². The molecule has 0 spiro atoms. The molecule has 0 fully saturated rings. The van der Waals surface area contributed by atoms with Gasteiger partial charge in [0.05, 0.1) is 0 Å². The van der Waals surface area contributed by atoms with Gasteiger partial charge in [-0.05, 0) is 37.3 Å². The smallest absolute Gasteiger partial charge is 0.326 e. The first-order valence-corrected chi connectivity index (χ1v) is 8.60. The molecule has 0 radical (unpaired) electrons. The van der Waals surface area contributed by atoms with Crippen molar-refractivity contribution in [1.82, 2.24) is 4.90 Å². The van der Waals surface area contributed by atoms with Crippen molar-refractivity contribution in [3.63, 3.8) is 0 Å². The Balaban J connectivity index is 1.57. The van der Waals surface area contributed by atoms with Gasteiger partial charge >= 0.3 is 5.97 Å². The summed E-state index contributed by atoms with van der Waals surface area (Å²) in [5.41, 5.74) is 2.14. The van der Waals surface area contributed by atoms with E-state index in [1.54, 1.807) is 48.5 Å². The number of carbonyl (C=O) groups excluding carboxylic acids is 3. The van der Waals surface area contributed by atoms with E-state index in [4.69, 9.17) is 16.3 Å². The number of carbonyl (C=O) groups is 3. The number of nitrogens with zero attached hydrogens (tertiary/aromatic N) is 1. The molecule has 1 heterocycles. The summed E-state index contributed by atoms with van der Waals surface area (Å²) in [6.07, 6.45) is -1.03. The fourth-order valence-corrected chi connectivity index (χ4v) is 2.82. The first-order valence-electron chi connectivity index (χ1n) is 8.23. The van der Waals surface area contributed by atoms with Crippen LogP contribution in [0.4, 0.5) is 5.69 Å². The Kier molecular flexibility index (Phi) is 5.28. The van der Waals surface area contributed by atoms with Crippen LogP contribution >= 0.6 is 11.6 Å². The van der Waals surface area contributed by atoms with E-state index in [0.29, 0.717) is 27.5 Å². The molecule has 2 aromatic carbocycles. The average Bonchev–Trinajstić information content (AvgIpc) is 2.89. The van der Waals surface area contributed by atoms with Crippen LogP contribution in [0.25, 0.3) is 5.70 Å². The van der Waals surface area contributed by atoms with Crippen LogP contribution in [0.15, 0.2) is 55.1 Å². The Morgan fingerprint density at radius 1 is 1.15 bits per heavy atom. The van der Waals surface area contributed by atoms with Crippen molar-refractivity contribution >= 4 is 40.8 Å². The summed E-state index contributed by atoms with van der Waals surface area (Å²) in [6.45, 7) is 5.01. The number of fused-ring (bicyclic) bond motifs is 1. The van der Waals surface area contributed by atoms with Crippen LogP contribution < -0.4 is 5.32 Å². The van der Waals surface area contributed by atoms with E-state index in [9.17, 15) is 14.4 Å². The predicted octanol–water partition coefficient (Wildman–Crippen LogP) is 3.34. The zero-order valence-corrected chi connectivity index (χ0v) is 15.3. The molecule has 27 heavy (non-hydrogen) atoms. The lowest BCUT2D eigenvalue weighted by Gasteiger charge is -2.18. The van der Waals surface area contributed by atoms with Gasteiger partial charge in [0.15, 0.2) is 6.10 Å². The number of nitrogens with one attached hydrogen (secondary N) is 1. The molecule has 138 valence electrons. The molecule has 0 saturated heterocycles. The molecule has 0 bridgehead atoms. The van der Waals surface area contributed by atoms with E-state index in [0.717, 1.165) is 0 Å². The molecule has 2 amide bonds. The summed E-state index contributed by atoms with van der Waals surface area (Å²) in [7, 11) is 0. The van der Waals surface area contributed by atoms with Gasteiger partial charge in [0.25, 0.3) is 11.8 Å². The van der Waals surface area contributed by atoms with Crippen molar-refractivity contribution < 1.29 is 19.1 Å². The van der Waals surface area contributed by atoms with Gasteiger partial charge in [-0.25, -0.2) is 0 Å². The molecule has 1 aliphatic heterocycles. The van der Waals surface area contributed by atoms with E-state index in [2.05, 4.69) is 11.9 Å². The highest BCUT2D eigenvalue weighted by atomic mass is 35.5. The minimum atomic E-state index is -1.03. The second kappa shape index (κ2) is 7.63. The lowest BCUT2D eigenvalue weighted by Crippen LogP contribution is -2.35. The van der Waals surface area contributed by atoms with Gasteiger partial charge in [-0.2, -0.15) is 0 Å². The van der Waals surface area contributed by atoms with Crippen molar-refractivity contribution in [2.45, 2.75) is 13.0 Å². The van der Waals surface area contributed by atoms with Crippen LogP contribution in [0.1, 0.15) is 22.8 Å². The first kappa shape index (κ1) is 18.7. The zero-order chi connectivity index (χ0) is 19.6. The molecular weight excluding hydrogens is 368 g/mol. The number of anilines is 1. The van der Waals surface area contributed by atoms with Crippen molar-refractivity contribution in [3.8, 4) is 0 Å². The Morgan fingerprint density at radius 2 is 1.78 bits per heavy atom. The Labute approximate surface area is 161 Å². The van der Waals surface area contributed by atoms with Crippen molar-refractivity contribution in [3.05, 3.63) is 71.3 Å². The van der Waals surface area contributed by atoms with Crippen LogP contribution in [0, 0.1) is 0 Å². The molecule has 3 rings (SSSR count). The van der Waals surface area contributed by atoms with E-state index >= 15 is 0 Å². The highest BCUT2D eigenvalue weighted by molar-refractivity contribution is 6.30. The quantitative estimate of drug-likeness (QED) is 0.802. The van der Waals surface area contributed by atoms with Gasteiger partial charge in [0, 0.05) is 27.5 Å². The predicted molar refractivity (Wildman–Crippen MR) is 102 cm³/mol. The third-order valence-corrected chi connectivity index (χ3v) is 4.37. The summed E-state index contributed by atoms with van der Waals surface area (Å²) in [5, 5.41) is 3.17. The van der Waals surface area contributed by atoms with E-state index in [-0.39, 0.29) is 12.5 Å². The Morgan fingerprint density at radius 3 is 2.41 bits per heavy atom. The monoisotopic (exact) mass is 384 g/mol. The summed E-state index contributed by atoms with van der Waals surface area (Å²) in [6, 6.07) is 13.5. The van der Waals surface area contributed by atoms with E-state index in [1.807, 2.05) is 0 Å². The molecule has 1 N–H and O–H groups in total. The van der Waals surface area contributed by atoms with Crippen LogP contribution in [0.5, 0.6) is 0 Å². The van der Waals surface area contributed by atoms with Crippen LogP contribution in [0.2, 0.25) is 5.02 Å². The number of esters is 1. The second-order valence-corrected chi connectivity index (χ2v) is 6.45. The summed E-state index contributed by atoms with van der Waals surface area (Å²) in [4.78, 5) is 38.0. The maximum absolute atomic E-state index is 12.4. The van der Waals surface area contributed by atoms with Gasteiger partial charge in [0.1, 0.15) is 6.54 Å². The van der Waals surface area contributed by atoms with Gasteiger partial charge in [0.2, 0.25) is 0 Å². The maximum Gasteiger partial charge on any atom is 0.326 e. The number of rotatable bonds is 5. The standard InChI is InChI=1S/C20H17ClN2O4/c1-12-16-5-3-4-6-17(16)20(26)23(12)11-18(24)27-13(2)19(25)22-15-9-7-14(21)8-10-15/h3-10,13H,1,11H2,2H3,(H,22,25). The van der Waals surface area contributed by atoms with Crippen LogP contribution in [0.3, 0.4) is 0 Å². The van der Waals surface area contributed by atoms with E-state index < -0.39 is 18.0 Å². The lowest BCUT2D eigenvalue weighted by atomic mass is 10.1. The van der Waals surface area contributed by atoms with Gasteiger partial charge in [-0.1, -0.05) is 36.4 Å². The minimum absolute atomic E-state index is 0.314. The SMILES string of the molecule is C=C1c2ccccc2C(=O)N1CC(=O)OC(C)C(=O)Nc1ccc(Cl)cc1. The zero-order valence-electron chi connectivity index (χ0n) is 14.6. The number of hydrogen-bond acceptors (Lipinski definition) is 4. The molecular formula is C20H17ClN2O4. The molecule has 1 atom stereocenters. The maximum atomic E-state index is 12.4. The molecule has 2 aromatic rings. The third kappa shape index (κ3) is 4.01. The van der Waals surface area contributed by atoms with Gasteiger partial charge < -0.3 is 10.1 Å². The number of hydrogen-bond donors (Lipinski definition) is 1. The third-order valence-electron chi connectivity index (χ3n) is 4.12. The fraction of sp³-hybridized carbons (Fsp3) is 0.150. The van der Waals surface area contributed by atoms with Gasteiger partial charge in [-0.3, -0.25) is 19.3 Å². The number of benzene rings is 2. The number of amides is 2. The molecule has 1 aliphatic rings. The Hall–Kier alpha value is -3.12. The number of halogens is 1. The second-order valence-electron chi connectivity index (χ2n) is 6.01. The van der Waals surface area contributed by atoms with Crippen molar-refractivity contribution in [1.29, 1.82) is 0 Å². The first-order chi connectivity index (χ1) is 12.9. The number of ether oxygens (including phenoxy) is 1. The molecule has 0 saturated carbocycles. The van der Waals surface area contributed by atoms with Crippen molar-refractivity contribution in [2.75, 3.05) is 11.9 Å². The minimum Gasteiger partial charge on any atom is -0.451 e. The van der Waals surface area contributed by atoms with Crippen LogP contribution in [-0.2, 0) is 14.3 Å². The van der Waals surface area contributed by atoms with E-state index in [1.165, 1.54) is 11.8 Å². The molecule has 7 heteroatoms. The molecule has 0 aromatic heterocycles. The average molecular weight is 385 g/mol. The summed E-state index contributed by atoms with van der Waals surface area (Å²) >= 11 is 5.80.